The van der Waals surface area contributed by atoms with E-state index >= 15 is 0 Å². The van der Waals surface area contributed by atoms with Crippen LogP contribution in [-0.4, -0.2) is 17.7 Å². The Balaban J connectivity index is 1.64. The molecule has 0 N–H and O–H groups in total. The Labute approximate surface area is 140 Å². The average molecular weight is 329 g/mol. The lowest BCUT2D eigenvalue weighted by atomic mass is 9.97. The summed E-state index contributed by atoms with van der Waals surface area (Å²) >= 11 is 1.54. The van der Waals surface area contributed by atoms with E-state index < -0.39 is 0 Å². The van der Waals surface area contributed by atoms with Crippen molar-refractivity contribution in [2.75, 3.05) is 10.7 Å². The predicted molar refractivity (Wildman–Crippen MR) is 94.3 cm³/mol. The molecule has 2 aromatic carbocycles. The van der Waals surface area contributed by atoms with Gasteiger partial charge in [0.2, 0.25) is 5.91 Å². The van der Waals surface area contributed by atoms with Crippen LogP contribution in [0.5, 0.6) is 0 Å². The van der Waals surface area contributed by atoms with Crippen molar-refractivity contribution in [1.29, 1.82) is 0 Å². The lowest BCUT2D eigenvalue weighted by Gasteiger charge is -2.35. The van der Waals surface area contributed by atoms with Gasteiger partial charge in [-0.1, -0.05) is 30.3 Å². The van der Waals surface area contributed by atoms with E-state index in [9.17, 15) is 9.18 Å². The van der Waals surface area contributed by atoms with Crippen LogP contribution in [0.25, 0.3) is 0 Å². The van der Waals surface area contributed by atoms with Crippen LogP contribution in [0.2, 0.25) is 0 Å². The van der Waals surface area contributed by atoms with Gasteiger partial charge in [-0.05, 0) is 49.1 Å². The van der Waals surface area contributed by atoms with Crippen molar-refractivity contribution in [2.45, 2.75) is 31.6 Å². The minimum atomic E-state index is -0.229. The molecule has 0 saturated carbocycles. The lowest BCUT2D eigenvalue weighted by Crippen LogP contribution is -2.43. The lowest BCUT2D eigenvalue weighted by molar-refractivity contribution is -0.116. The van der Waals surface area contributed by atoms with E-state index in [4.69, 9.17) is 0 Å². The molecule has 23 heavy (non-hydrogen) atoms. The van der Waals surface area contributed by atoms with Crippen molar-refractivity contribution in [3.63, 3.8) is 0 Å². The Morgan fingerprint density at radius 2 is 2.09 bits per heavy atom. The van der Waals surface area contributed by atoms with Crippen molar-refractivity contribution in [3.05, 3.63) is 65.5 Å². The van der Waals surface area contributed by atoms with Crippen molar-refractivity contribution in [1.82, 2.24) is 0 Å². The third kappa shape index (κ3) is 3.75. The Morgan fingerprint density at radius 1 is 1.26 bits per heavy atom. The summed E-state index contributed by atoms with van der Waals surface area (Å²) in [6.07, 6.45) is 2.02. The fourth-order valence-electron chi connectivity index (χ4n) is 3.02. The maximum absolute atomic E-state index is 13.2. The number of carbonyl (C=O) groups is 1. The van der Waals surface area contributed by atoms with Gasteiger partial charge in [0.1, 0.15) is 5.82 Å². The Kier molecular flexibility index (Phi) is 5.01. The monoisotopic (exact) mass is 329 g/mol. The van der Waals surface area contributed by atoms with Crippen LogP contribution in [0.1, 0.15) is 24.5 Å². The van der Waals surface area contributed by atoms with E-state index in [0.717, 1.165) is 24.1 Å². The second-order valence-corrected chi connectivity index (χ2v) is 6.89. The fraction of sp³-hybridized carbons (Fsp3) is 0.316. The molecule has 0 aromatic heterocycles. The second kappa shape index (κ2) is 7.18. The molecule has 2 nitrogen and oxygen atoms in total. The molecule has 0 bridgehead atoms. The third-order valence-corrected chi connectivity index (χ3v) is 5.16. The molecule has 2 aromatic rings. The highest BCUT2D eigenvalue weighted by Gasteiger charge is 2.27. The highest BCUT2D eigenvalue weighted by atomic mass is 32.2. The van der Waals surface area contributed by atoms with Gasteiger partial charge in [-0.3, -0.25) is 4.79 Å². The molecule has 1 aliphatic heterocycles. The predicted octanol–water partition coefficient (Wildman–Crippen LogP) is 4.43. The highest BCUT2D eigenvalue weighted by Crippen LogP contribution is 2.31. The molecule has 0 aliphatic carbocycles. The summed E-state index contributed by atoms with van der Waals surface area (Å²) in [6, 6.07) is 14.9. The first-order valence-electron chi connectivity index (χ1n) is 7.87. The number of para-hydroxylation sites is 1. The topological polar surface area (TPSA) is 20.3 Å². The zero-order chi connectivity index (χ0) is 16.2. The first-order valence-corrected chi connectivity index (χ1v) is 9.03. The van der Waals surface area contributed by atoms with Crippen LogP contribution in [0.15, 0.2) is 48.5 Å². The van der Waals surface area contributed by atoms with Gasteiger partial charge in [-0.25, -0.2) is 4.39 Å². The third-order valence-electron chi connectivity index (χ3n) is 4.18. The van der Waals surface area contributed by atoms with Crippen LogP contribution in [-0.2, 0) is 17.0 Å². The largest absolute Gasteiger partial charge is 0.309 e. The van der Waals surface area contributed by atoms with E-state index in [2.05, 4.69) is 13.0 Å². The molecule has 0 spiro atoms. The molecule has 0 fully saturated rings. The molecule has 1 amide bonds. The fourth-order valence-corrected chi connectivity index (χ4v) is 3.85. The Morgan fingerprint density at radius 3 is 2.91 bits per heavy atom. The summed E-state index contributed by atoms with van der Waals surface area (Å²) in [7, 11) is 0. The number of hydrogen-bond acceptors (Lipinski definition) is 2. The highest BCUT2D eigenvalue weighted by molar-refractivity contribution is 7.99. The number of fused-ring (bicyclic) bond motifs is 1. The summed E-state index contributed by atoms with van der Waals surface area (Å²) in [5, 5.41) is 0. The Hall–Kier alpha value is -1.81. The zero-order valence-corrected chi connectivity index (χ0v) is 14.0. The number of thioether (sulfide) groups is 1. The summed E-state index contributed by atoms with van der Waals surface area (Å²) in [5.41, 5.74) is 3.20. The number of nitrogens with zero attached hydrogens (tertiary/aromatic N) is 1. The quantitative estimate of drug-likeness (QED) is 0.827. The van der Waals surface area contributed by atoms with E-state index in [1.165, 1.54) is 29.5 Å². The molecule has 1 heterocycles. The van der Waals surface area contributed by atoms with Gasteiger partial charge in [0.05, 0.1) is 5.75 Å². The number of amides is 1. The van der Waals surface area contributed by atoms with Crippen LogP contribution < -0.4 is 4.90 Å². The molecule has 1 unspecified atom stereocenters. The van der Waals surface area contributed by atoms with Gasteiger partial charge in [-0.15, -0.1) is 11.8 Å². The van der Waals surface area contributed by atoms with E-state index in [1.807, 2.05) is 29.2 Å². The summed E-state index contributed by atoms with van der Waals surface area (Å²) in [5.74, 6) is 0.960. The van der Waals surface area contributed by atoms with Crippen molar-refractivity contribution >= 4 is 23.4 Å². The molecule has 120 valence electrons. The summed E-state index contributed by atoms with van der Waals surface area (Å²) in [6.45, 7) is 2.10. The van der Waals surface area contributed by atoms with Crippen molar-refractivity contribution < 1.29 is 9.18 Å². The number of benzene rings is 2. The number of anilines is 1. The van der Waals surface area contributed by atoms with Gasteiger partial charge in [0.15, 0.2) is 0 Å². The maximum Gasteiger partial charge on any atom is 0.237 e. The first-order chi connectivity index (χ1) is 11.1. The van der Waals surface area contributed by atoms with Gasteiger partial charge >= 0.3 is 0 Å². The number of carbonyl (C=O) groups excluding carboxylic acids is 1. The molecular weight excluding hydrogens is 309 g/mol. The summed E-state index contributed by atoms with van der Waals surface area (Å²) in [4.78, 5) is 14.6. The molecule has 3 rings (SSSR count). The minimum Gasteiger partial charge on any atom is -0.309 e. The van der Waals surface area contributed by atoms with Crippen LogP contribution >= 0.6 is 11.8 Å². The number of rotatable bonds is 4. The van der Waals surface area contributed by atoms with Crippen molar-refractivity contribution in [2.24, 2.45) is 0 Å². The average Bonchev–Trinajstić information content (AvgIpc) is 2.54. The van der Waals surface area contributed by atoms with Gasteiger partial charge in [-0.2, -0.15) is 0 Å². The van der Waals surface area contributed by atoms with Crippen LogP contribution in [0, 0.1) is 5.82 Å². The number of aryl methyl sites for hydroxylation is 1. The molecule has 1 atom stereocenters. The molecule has 0 saturated heterocycles. The maximum atomic E-state index is 13.2. The van der Waals surface area contributed by atoms with Gasteiger partial charge in [0.25, 0.3) is 0 Å². The van der Waals surface area contributed by atoms with Gasteiger partial charge in [0, 0.05) is 17.5 Å². The second-order valence-electron chi connectivity index (χ2n) is 5.90. The van der Waals surface area contributed by atoms with E-state index in [0.29, 0.717) is 11.5 Å². The number of hydrogen-bond donors (Lipinski definition) is 0. The van der Waals surface area contributed by atoms with Crippen molar-refractivity contribution in [3.8, 4) is 0 Å². The smallest absolute Gasteiger partial charge is 0.237 e. The normalized spacial score (nSPS) is 17.0. The van der Waals surface area contributed by atoms with E-state index in [-0.39, 0.29) is 17.8 Å². The molecular formula is C19H20FNOS. The Bertz CT molecular complexity index is 703. The zero-order valence-electron chi connectivity index (χ0n) is 13.2. The summed E-state index contributed by atoms with van der Waals surface area (Å²) < 4.78 is 13.2. The standard InChI is InChI=1S/C19H20FNOS/c1-14-9-10-16-6-2-3-8-18(16)21(14)19(22)13-23-12-15-5-4-7-17(20)11-15/h2-8,11,14H,9-10,12-13H2,1H3. The molecule has 1 aliphatic rings. The first kappa shape index (κ1) is 16.1. The van der Waals surface area contributed by atoms with E-state index in [1.54, 1.807) is 6.07 Å². The number of halogens is 1. The van der Waals surface area contributed by atoms with Crippen LogP contribution in [0.3, 0.4) is 0 Å². The SMILES string of the molecule is CC1CCc2ccccc2N1C(=O)CSCc1cccc(F)c1. The van der Waals surface area contributed by atoms with Gasteiger partial charge < -0.3 is 4.90 Å². The molecule has 4 heteroatoms. The minimum absolute atomic E-state index is 0.131. The molecule has 0 radical (unpaired) electrons. The van der Waals surface area contributed by atoms with Crippen LogP contribution in [0.4, 0.5) is 10.1 Å².